The summed E-state index contributed by atoms with van der Waals surface area (Å²) in [6.07, 6.45) is 0.973. The monoisotopic (exact) mass is 224 g/mol. The number of nitrogens with zero attached hydrogens (tertiary/aromatic N) is 1. The first-order chi connectivity index (χ1) is 7.36. The van der Waals surface area contributed by atoms with E-state index in [1.54, 1.807) is 0 Å². The standard InChI is InChI=1S/C13H24N2O/c1-7-12(6)16-13(14)15(8-10(2)3)9-11(4)5/h12,14H,2,4,7-9H2,1,3,5-6H3/t12-/m0/s1. The molecule has 1 N–H and O–H groups in total. The zero-order chi connectivity index (χ0) is 12.7. The van der Waals surface area contributed by atoms with Crippen molar-refractivity contribution in [2.75, 3.05) is 13.1 Å². The van der Waals surface area contributed by atoms with Gasteiger partial charge in [0.1, 0.15) is 0 Å². The van der Waals surface area contributed by atoms with Gasteiger partial charge in [-0.2, -0.15) is 0 Å². The first-order valence-electron chi connectivity index (χ1n) is 5.65. The van der Waals surface area contributed by atoms with Crippen molar-refractivity contribution < 1.29 is 4.74 Å². The molecule has 0 aromatic heterocycles. The fourth-order valence-corrected chi connectivity index (χ4v) is 1.20. The zero-order valence-electron chi connectivity index (χ0n) is 11.0. The Kier molecular flexibility index (Phi) is 6.54. The summed E-state index contributed by atoms with van der Waals surface area (Å²) in [5.41, 5.74) is 2.03. The van der Waals surface area contributed by atoms with Crippen molar-refractivity contribution >= 4 is 6.02 Å². The maximum atomic E-state index is 7.89. The van der Waals surface area contributed by atoms with Gasteiger partial charge in [-0.15, -0.1) is 0 Å². The first-order valence-corrected chi connectivity index (χ1v) is 5.65. The molecule has 0 spiro atoms. The van der Waals surface area contributed by atoms with Crippen LogP contribution in [0, 0.1) is 5.41 Å². The molecule has 0 unspecified atom stereocenters. The summed E-state index contributed by atoms with van der Waals surface area (Å²) in [7, 11) is 0. The largest absolute Gasteiger partial charge is 0.462 e. The number of hydrogen-bond acceptors (Lipinski definition) is 2. The van der Waals surface area contributed by atoms with Crippen LogP contribution in [0.2, 0.25) is 0 Å². The van der Waals surface area contributed by atoms with E-state index in [1.165, 1.54) is 0 Å². The van der Waals surface area contributed by atoms with E-state index >= 15 is 0 Å². The van der Waals surface area contributed by atoms with Crippen molar-refractivity contribution in [1.82, 2.24) is 4.90 Å². The zero-order valence-corrected chi connectivity index (χ0v) is 11.0. The van der Waals surface area contributed by atoms with Crippen molar-refractivity contribution in [2.45, 2.75) is 40.2 Å². The molecular weight excluding hydrogens is 200 g/mol. The van der Waals surface area contributed by atoms with Crippen LogP contribution in [0.25, 0.3) is 0 Å². The maximum Gasteiger partial charge on any atom is 0.285 e. The van der Waals surface area contributed by atoms with Crippen molar-refractivity contribution in [1.29, 1.82) is 5.41 Å². The van der Waals surface area contributed by atoms with E-state index in [1.807, 2.05) is 32.6 Å². The molecule has 0 aliphatic carbocycles. The van der Waals surface area contributed by atoms with Crippen LogP contribution in [0.4, 0.5) is 0 Å². The third-order valence-electron chi connectivity index (χ3n) is 2.10. The Balaban J connectivity index is 4.42. The Labute approximate surface area is 99.3 Å². The summed E-state index contributed by atoms with van der Waals surface area (Å²) in [6, 6.07) is 0.209. The Morgan fingerprint density at radius 2 is 1.69 bits per heavy atom. The Morgan fingerprint density at radius 3 is 2.00 bits per heavy atom. The molecular formula is C13H24N2O. The Hall–Kier alpha value is -1.25. The molecule has 0 fully saturated rings. The summed E-state index contributed by atoms with van der Waals surface area (Å²) < 4.78 is 5.49. The molecule has 0 aromatic carbocycles. The molecule has 0 saturated carbocycles. The minimum absolute atomic E-state index is 0.0743. The van der Waals surface area contributed by atoms with Crippen LogP contribution in [0.3, 0.4) is 0 Å². The first kappa shape index (κ1) is 14.8. The van der Waals surface area contributed by atoms with Crippen LogP contribution in [0.15, 0.2) is 24.3 Å². The van der Waals surface area contributed by atoms with E-state index in [4.69, 9.17) is 10.1 Å². The molecule has 0 heterocycles. The van der Waals surface area contributed by atoms with Gasteiger partial charge in [-0.1, -0.05) is 31.2 Å². The topological polar surface area (TPSA) is 36.3 Å². The summed E-state index contributed by atoms with van der Waals surface area (Å²) in [6.45, 7) is 16.9. The van der Waals surface area contributed by atoms with E-state index in [9.17, 15) is 0 Å². The molecule has 0 amide bonds. The number of rotatable bonds is 6. The van der Waals surface area contributed by atoms with Crippen LogP contribution in [0.5, 0.6) is 0 Å². The number of nitrogens with one attached hydrogen (secondary N) is 1. The summed E-state index contributed by atoms with van der Waals surface area (Å²) in [4.78, 5) is 1.84. The Bertz CT molecular complexity index is 255. The molecule has 92 valence electrons. The van der Waals surface area contributed by atoms with E-state index < -0.39 is 0 Å². The van der Waals surface area contributed by atoms with Gasteiger partial charge in [-0.3, -0.25) is 5.41 Å². The van der Waals surface area contributed by atoms with Crippen molar-refractivity contribution in [3.63, 3.8) is 0 Å². The van der Waals surface area contributed by atoms with Crippen LogP contribution in [-0.2, 0) is 4.74 Å². The molecule has 0 radical (unpaired) electrons. The highest BCUT2D eigenvalue weighted by atomic mass is 16.5. The van der Waals surface area contributed by atoms with Crippen molar-refractivity contribution in [2.24, 2.45) is 0 Å². The quantitative estimate of drug-likeness (QED) is 0.427. The van der Waals surface area contributed by atoms with Gasteiger partial charge in [0.25, 0.3) is 6.02 Å². The second-order valence-corrected chi connectivity index (χ2v) is 4.41. The number of hydrogen-bond donors (Lipinski definition) is 1. The van der Waals surface area contributed by atoms with Gasteiger partial charge in [-0.25, -0.2) is 0 Å². The normalized spacial score (nSPS) is 11.8. The van der Waals surface area contributed by atoms with E-state index in [0.717, 1.165) is 17.6 Å². The predicted octanol–water partition coefficient (Wildman–Crippen LogP) is 3.19. The van der Waals surface area contributed by atoms with Gasteiger partial charge in [0.05, 0.1) is 6.10 Å². The van der Waals surface area contributed by atoms with Gasteiger partial charge in [-0.05, 0) is 27.2 Å². The molecule has 0 aliphatic rings. The lowest BCUT2D eigenvalue weighted by atomic mass is 10.2. The molecule has 0 saturated heterocycles. The van der Waals surface area contributed by atoms with E-state index in [-0.39, 0.29) is 12.1 Å². The van der Waals surface area contributed by atoms with Crippen molar-refractivity contribution in [3.8, 4) is 0 Å². The highest BCUT2D eigenvalue weighted by Gasteiger charge is 2.13. The molecule has 3 nitrogen and oxygen atoms in total. The van der Waals surface area contributed by atoms with Crippen LogP contribution >= 0.6 is 0 Å². The molecule has 0 aromatic rings. The summed E-state index contributed by atoms with van der Waals surface area (Å²) in [5.74, 6) is 0. The van der Waals surface area contributed by atoms with Gasteiger partial charge >= 0.3 is 0 Å². The van der Waals surface area contributed by atoms with Gasteiger partial charge in [0.2, 0.25) is 0 Å². The highest BCUT2D eigenvalue weighted by Crippen LogP contribution is 2.05. The fraction of sp³-hybridized carbons (Fsp3) is 0.615. The predicted molar refractivity (Wildman–Crippen MR) is 69.8 cm³/mol. The molecule has 0 bridgehead atoms. The molecule has 16 heavy (non-hydrogen) atoms. The van der Waals surface area contributed by atoms with Crippen molar-refractivity contribution in [3.05, 3.63) is 24.3 Å². The van der Waals surface area contributed by atoms with E-state index in [2.05, 4.69) is 13.2 Å². The smallest absolute Gasteiger partial charge is 0.285 e. The lowest BCUT2D eigenvalue weighted by Gasteiger charge is -2.26. The van der Waals surface area contributed by atoms with Gasteiger partial charge in [0.15, 0.2) is 0 Å². The summed E-state index contributed by atoms with van der Waals surface area (Å²) in [5, 5.41) is 7.89. The lowest BCUT2D eigenvalue weighted by Crippen LogP contribution is -2.36. The van der Waals surface area contributed by atoms with Crippen LogP contribution in [0.1, 0.15) is 34.1 Å². The molecule has 0 aliphatic heterocycles. The average Bonchev–Trinajstić information content (AvgIpc) is 2.15. The van der Waals surface area contributed by atoms with Crippen LogP contribution in [-0.4, -0.2) is 30.1 Å². The molecule has 3 heteroatoms. The summed E-state index contributed by atoms with van der Waals surface area (Å²) >= 11 is 0. The molecule has 1 atom stereocenters. The van der Waals surface area contributed by atoms with Crippen LogP contribution < -0.4 is 0 Å². The minimum atomic E-state index is 0.0743. The fourth-order valence-electron chi connectivity index (χ4n) is 1.20. The molecule has 0 rings (SSSR count). The highest BCUT2D eigenvalue weighted by molar-refractivity contribution is 5.71. The number of ether oxygens (including phenoxy) is 1. The average molecular weight is 224 g/mol. The Morgan fingerprint density at radius 1 is 1.25 bits per heavy atom. The maximum absolute atomic E-state index is 7.89. The van der Waals surface area contributed by atoms with Gasteiger partial charge < -0.3 is 9.64 Å². The second-order valence-electron chi connectivity index (χ2n) is 4.41. The van der Waals surface area contributed by atoms with E-state index in [0.29, 0.717) is 13.1 Å². The lowest BCUT2D eigenvalue weighted by molar-refractivity contribution is 0.162. The third kappa shape index (κ3) is 6.27. The second kappa shape index (κ2) is 7.09. The SMILES string of the molecule is C=C(C)CN(CC(=C)C)C(=N)O[C@@H](C)CC. The minimum Gasteiger partial charge on any atom is -0.462 e. The third-order valence-corrected chi connectivity index (χ3v) is 2.10. The van der Waals surface area contributed by atoms with Gasteiger partial charge in [0, 0.05) is 13.1 Å². The number of amidine groups is 1.